The molecular weight excluding hydrogens is 290 g/mol. The third kappa shape index (κ3) is 3.82. The molecule has 1 aliphatic rings. The van der Waals surface area contributed by atoms with Crippen LogP contribution in [0.4, 0.5) is 0 Å². The zero-order valence-corrected chi connectivity index (χ0v) is 13.8. The quantitative estimate of drug-likeness (QED) is 0.663. The van der Waals surface area contributed by atoms with Crippen LogP contribution in [0.5, 0.6) is 0 Å². The van der Waals surface area contributed by atoms with Crippen LogP contribution in [0.1, 0.15) is 68.8 Å². The molecule has 122 valence electrons. The van der Waals surface area contributed by atoms with Crippen molar-refractivity contribution >= 4 is 0 Å². The molecule has 5 nitrogen and oxygen atoms in total. The predicted molar refractivity (Wildman–Crippen MR) is 85.7 cm³/mol. The van der Waals surface area contributed by atoms with Crippen LogP contribution in [0, 0.1) is 17.2 Å². The van der Waals surface area contributed by atoms with Crippen molar-refractivity contribution in [1.29, 1.82) is 5.26 Å². The monoisotopic (exact) mass is 313 g/mol. The van der Waals surface area contributed by atoms with E-state index >= 15 is 0 Å². The first-order valence-corrected chi connectivity index (χ1v) is 8.50. The summed E-state index contributed by atoms with van der Waals surface area (Å²) in [4.78, 5) is 0. The van der Waals surface area contributed by atoms with Gasteiger partial charge in [0, 0.05) is 18.1 Å². The number of nitriles is 1. The second kappa shape index (κ2) is 6.99. The highest BCUT2D eigenvalue weighted by atomic mass is 16.5. The van der Waals surface area contributed by atoms with E-state index in [9.17, 15) is 0 Å². The lowest BCUT2D eigenvalue weighted by molar-refractivity contribution is 0.378. The van der Waals surface area contributed by atoms with Crippen LogP contribution >= 0.6 is 0 Å². The fraction of sp³-hybridized carbons (Fsp3) is 0.611. The molecule has 0 amide bonds. The fourth-order valence-electron chi connectivity index (χ4n) is 2.91. The molecule has 1 fully saturated rings. The lowest BCUT2D eigenvalue weighted by Crippen LogP contribution is -1.93. The van der Waals surface area contributed by atoms with Gasteiger partial charge in [-0.2, -0.15) is 5.26 Å². The molecule has 0 unspecified atom stereocenters. The summed E-state index contributed by atoms with van der Waals surface area (Å²) < 4.78 is 11.1. The van der Waals surface area contributed by atoms with Crippen molar-refractivity contribution < 1.29 is 9.05 Å². The minimum Gasteiger partial charge on any atom is -0.353 e. The molecule has 23 heavy (non-hydrogen) atoms. The number of aromatic nitrogens is 2. The van der Waals surface area contributed by atoms with Crippen LogP contribution in [0.15, 0.2) is 15.1 Å². The molecule has 2 heterocycles. The van der Waals surface area contributed by atoms with E-state index in [2.05, 4.69) is 30.2 Å². The van der Waals surface area contributed by atoms with Gasteiger partial charge in [0.1, 0.15) is 0 Å². The molecule has 1 aliphatic carbocycles. The highest BCUT2D eigenvalue weighted by molar-refractivity contribution is 5.58. The number of unbranched alkanes of at least 4 members (excludes halogenated alkanes) is 2. The molecular formula is C18H23N3O2. The molecule has 0 aromatic carbocycles. The van der Waals surface area contributed by atoms with Crippen molar-refractivity contribution in [2.24, 2.45) is 5.92 Å². The van der Waals surface area contributed by atoms with E-state index in [1.165, 1.54) is 18.4 Å². The van der Waals surface area contributed by atoms with E-state index in [1.807, 2.05) is 6.07 Å². The smallest absolute Gasteiger partial charge is 0.208 e. The summed E-state index contributed by atoms with van der Waals surface area (Å²) in [6, 6.07) is 4.16. The normalized spacial score (nSPS) is 14.3. The van der Waals surface area contributed by atoms with Gasteiger partial charge < -0.3 is 9.05 Å². The summed E-state index contributed by atoms with van der Waals surface area (Å²) >= 11 is 0. The van der Waals surface area contributed by atoms with E-state index in [-0.39, 0.29) is 0 Å². The van der Waals surface area contributed by atoms with Crippen LogP contribution < -0.4 is 0 Å². The maximum Gasteiger partial charge on any atom is 0.208 e. The van der Waals surface area contributed by atoms with Crippen LogP contribution in [0.3, 0.4) is 0 Å². The van der Waals surface area contributed by atoms with E-state index in [4.69, 9.17) is 14.3 Å². The zero-order chi connectivity index (χ0) is 16.2. The van der Waals surface area contributed by atoms with Gasteiger partial charge in [0.05, 0.1) is 17.5 Å². The molecule has 0 saturated heterocycles. The Balaban J connectivity index is 1.78. The second-order valence-electron chi connectivity index (χ2n) is 6.79. The van der Waals surface area contributed by atoms with Gasteiger partial charge in [-0.15, -0.1) is 0 Å². The maximum absolute atomic E-state index is 8.63. The average Bonchev–Trinajstić information content (AvgIpc) is 3.10. The van der Waals surface area contributed by atoms with Crippen LogP contribution in [0.25, 0.3) is 11.5 Å². The van der Waals surface area contributed by atoms with Crippen LogP contribution in [-0.4, -0.2) is 10.3 Å². The summed E-state index contributed by atoms with van der Waals surface area (Å²) in [5, 5.41) is 17.1. The van der Waals surface area contributed by atoms with Crippen molar-refractivity contribution in [3.8, 4) is 17.6 Å². The Labute approximate surface area is 136 Å². The van der Waals surface area contributed by atoms with E-state index in [0.29, 0.717) is 24.0 Å². The highest BCUT2D eigenvalue weighted by Crippen LogP contribution is 2.46. The molecule has 3 rings (SSSR count). The molecule has 0 aliphatic heterocycles. The van der Waals surface area contributed by atoms with Gasteiger partial charge in [0.15, 0.2) is 0 Å². The maximum atomic E-state index is 8.63. The molecule has 0 N–H and O–H groups in total. The summed E-state index contributed by atoms with van der Waals surface area (Å²) in [5.41, 5.74) is 3.19. The number of hydrogen-bond donors (Lipinski definition) is 0. The fourth-order valence-corrected chi connectivity index (χ4v) is 2.91. The zero-order valence-electron chi connectivity index (χ0n) is 13.8. The van der Waals surface area contributed by atoms with E-state index in [1.54, 1.807) is 0 Å². The standard InChI is InChI=1S/C18H23N3O2/c1-12(2)10-14-11-16(22-20-14)18-17(13-7-8-13)15(21-23-18)6-4-3-5-9-19/h11-13H,3-8,10H2,1-2H3. The topological polar surface area (TPSA) is 75.8 Å². The van der Waals surface area contributed by atoms with E-state index in [0.717, 1.165) is 42.8 Å². The van der Waals surface area contributed by atoms with Crippen molar-refractivity contribution in [2.75, 3.05) is 0 Å². The Kier molecular flexibility index (Phi) is 4.80. The van der Waals surface area contributed by atoms with Gasteiger partial charge in [-0.05, 0) is 50.4 Å². The van der Waals surface area contributed by atoms with Gasteiger partial charge in [-0.1, -0.05) is 24.2 Å². The Morgan fingerprint density at radius 3 is 2.78 bits per heavy atom. The molecule has 2 aromatic rings. The minimum atomic E-state index is 0.542. The van der Waals surface area contributed by atoms with Crippen LogP contribution in [0.2, 0.25) is 0 Å². The number of nitrogens with zero attached hydrogens (tertiary/aromatic N) is 3. The number of rotatable bonds is 8. The molecule has 1 saturated carbocycles. The third-order valence-corrected chi connectivity index (χ3v) is 4.14. The first-order chi connectivity index (χ1) is 11.2. The van der Waals surface area contributed by atoms with Crippen molar-refractivity contribution in [1.82, 2.24) is 10.3 Å². The lowest BCUT2D eigenvalue weighted by Gasteiger charge is -2.00. The minimum absolute atomic E-state index is 0.542. The molecule has 0 atom stereocenters. The highest BCUT2D eigenvalue weighted by Gasteiger charge is 2.34. The lowest BCUT2D eigenvalue weighted by atomic mass is 10.0. The second-order valence-corrected chi connectivity index (χ2v) is 6.79. The average molecular weight is 313 g/mol. The van der Waals surface area contributed by atoms with Gasteiger partial charge in [-0.25, -0.2) is 0 Å². The SMILES string of the molecule is CC(C)Cc1cc(-c2onc(CCCCC#N)c2C2CC2)on1. The third-order valence-electron chi connectivity index (χ3n) is 4.14. The summed E-state index contributed by atoms with van der Waals surface area (Å²) in [6.45, 7) is 4.33. The number of aryl methyl sites for hydroxylation is 1. The molecule has 0 bridgehead atoms. The summed E-state index contributed by atoms with van der Waals surface area (Å²) in [5.74, 6) is 2.53. The van der Waals surface area contributed by atoms with Crippen molar-refractivity contribution in [3.05, 3.63) is 23.0 Å². The Bertz CT molecular complexity index is 689. The van der Waals surface area contributed by atoms with Gasteiger partial charge >= 0.3 is 0 Å². The van der Waals surface area contributed by atoms with Gasteiger partial charge in [-0.3, -0.25) is 0 Å². The number of hydrogen-bond acceptors (Lipinski definition) is 5. The van der Waals surface area contributed by atoms with Gasteiger partial charge in [0.2, 0.25) is 11.5 Å². The van der Waals surface area contributed by atoms with Crippen molar-refractivity contribution in [2.45, 2.75) is 64.7 Å². The molecule has 5 heteroatoms. The van der Waals surface area contributed by atoms with Crippen LogP contribution in [-0.2, 0) is 12.8 Å². The first-order valence-electron chi connectivity index (χ1n) is 8.50. The molecule has 0 spiro atoms. The Morgan fingerprint density at radius 2 is 2.09 bits per heavy atom. The predicted octanol–water partition coefficient (Wildman–Crippen LogP) is 4.64. The first kappa shape index (κ1) is 15.8. The largest absolute Gasteiger partial charge is 0.353 e. The molecule has 0 radical (unpaired) electrons. The Morgan fingerprint density at radius 1 is 1.26 bits per heavy atom. The summed E-state index contributed by atoms with van der Waals surface area (Å²) in [6.07, 6.45) is 6.61. The van der Waals surface area contributed by atoms with E-state index < -0.39 is 0 Å². The Hall–Kier alpha value is -2.09. The van der Waals surface area contributed by atoms with Crippen molar-refractivity contribution in [3.63, 3.8) is 0 Å². The molecule has 2 aromatic heterocycles. The van der Waals surface area contributed by atoms with Gasteiger partial charge in [0.25, 0.3) is 0 Å². The summed E-state index contributed by atoms with van der Waals surface area (Å²) in [7, 11) is 0.